The first kappa shape index (κ1) is 17.5. The van der Waals surface area contributed by atoms with Crippen molar-refractivity contribution in [2.24, 2.45) is 5.92 Å². The first-order valence-electron chi connectivity index (χ1n) is 8.48. The number of amides is 2. The van der Waals surface area contributed by atoms with Crippen LogP contribution in [0.4, 0.5) is 5.69 Å². The lowest BCUT2D eigenvalue weighted by atomic mass is 10.1. The molecule has 1 N–H and O–H groups in total. The second kappa shape index (κ2) is 7.70. The Bertz CT molecular complexity index is 756. The van der Waals surface area contributed by atoms with Crippen LogP contribution >= 0.6 is 11.6 Å². The average Bonchev–Trinajstić information content (AvgIpc) is 3.02. The first-order valence-corrected chi connectivity index (χ1v) is 8.86. The van der Waals surface area contributed by atoms with Crippen LogP contribution in [0.15, 0.2) is 48.5 Å². The van der Waals surface area contributed by atoms with Crippen LogP contribution in [-0.4, -0.2) is 18.4 Å². The molecule has 4 nitrogen and oxygen atoms in total. The van der Waals surface area contributed by atoms with E-state index in [9.17, 15) is 9.59 Å². The third-order valence-corrected chi connectivity index (χ3v) is 4.78. The van der Waals surface area contributed by atoms with Gasteiger partial charge in [0.1, 0.15) is 0 Å². The Hall–Kier alpha value is -2.33. The molecule has 2 amide bonds. The van der Waals surface area contributed by atoms with Gasteiger partial charge < -0.3 is 10.2 Å². The van der Waals surface area contributed by atoms with E-state index in [2.05, 4.69) is 24.4 Å². The van der Waals surface area contributed by atoms with E-state index in [0.717, 1.165) is 17.7 Å². The Balaban J connectivity index is 1.57. The van der Waals surface area contributed by atoms with E-state index in [1.807, 2.05) is 12.1 Å². The summed E-state index contributed by atoms with van der Waals surface area (Å²) in [4.78, 5) is 26.3. The molecule has 2 aromatic carbocycles. The Morgan fingerprint density at radius 3 is 2.40 bits per heavy atom. The van der Waals surface area contributed by atoms with Crippen molar-refractivity contribution in [1.29, 1.82) is 0 Å². The van der Waals surface area contributed by atoms with Crippen LogP contribution in [0.1, 0.15) is 24.5 Å². The van der Waals surface area contributed by atoms with Crippen molar-refractivity contribution in [1.82, 2.24) is 5.32 Å². The van der Waals surface area contributed by atoms with Crippen LogP contribution in [0.25, 0.3) is 0 Å². The van der Waals surface area contributed by atoms with Gasteiger partial charge in [0, 0.05) is 30.2 Å². The largest absolute Gasteiger partial charge is 0.352 e. The lowest BCUT2D eigenvalue weighted by Crippen LogP contribution is -2.32. The Labute approximate surface area is 152 Å². The summed E-state index contributed by atoms with van der Waals surface area (Å²) in [5.41, 5.74) is 3.11. The molecular formula is C20H21ClN2O2. The molecule has 0 spiro atoms. The fourth-order valence-electron chi connectivity index (χ4n) is 2.98. The third-order valence-electron chi connectivity index (χ3n) is 4.53. The minimum absolute atomic E-state index is 0.0326. The van der Waals surface area contributed by atoms with Gasteiger partial charge in [0.15, 0.2) is 0 Å². The van der Waals surface area contributed by atoms with Gasteiger partial charge >= 0.3 is 0 Å². The third kappa shape index (κ3) is 4.20. The Morgan fingerprint density at radius 1 is 1.12 bits per heavy atom. The van der Waals surface area contributed by atoms with Gasteiger partial charge in [-0.15, -0.1) is 0 Å². The number of hydrogen-bond acceptors (Lipinski definition) is 2. The molecule has 0 aromatic heterocycles. The summed E-state index contributed by atoms with van der Waals surface area (Å²) < 4.78 is 0. The minimum atomic E-state index is -0.321. The minimum Gasteiger partial charge on any atom is -0.352 e. The molecule has 1 aliphatic rings. The SMILES string of the molecule is CCc1ccc(CNC(=O)[C@@H]2CC(=O)N(c3ccc(Cl)cc3)C2)cc1. The van der Waals surface area contributed by atoms with Crippen LogP contribution in [0.3, 0.4) is 0 Å². The lowest BCUT2D eigenvalue weighted by molar-refractivity contribution is -0.126. The number of benzene rings is 2. The summed E-state index contributed by atoms with van der Waals surface area (Å²) >= 11 is 5.88. The van der Waals surface area contributed by atoms with Crippen molar-refractivity contribution in [3.8, 4) is 0 Å². The average molecular weight is 357 g/mol. The second-order valence-electron chi connectivity index (χ2n) is 6.27. The van der Waals surface area contributed by atoms with Gasteiger partial charge in [-0.2, -0.15) is 0 Å². The van der Waals surface area contributed by atoms with E-state index >= 15 is 0 Å². The molecule has 130 valence electrons. The second-order valence-corrected chi connectivity index (χ2v) is 6.71. The normalized spacial score (nSPS) is 17.0. The van der Waals surface area contributed by atoms with Crippen LogP contribution < -0.4 is 10.2 Å². The molecule has 1 saturated heterocycles. The van der Waals surface area contributed by atoms with Crippen molar-refractivity contribution in [2.75, 3.05) is 11.4 Å². The molecule has 0 unspecified atom stereocenters. The van der Waals surface area contributed by atoms with E-state index in [1.54, 1.807) is 29.2 Å². The van der Waals surface area contributed by atoms with Crippen LogP contribution in [0.2, 0.25) is 5.02 Å². The molecule has 0 saturated carbocycles. The standard InChI is InChI=1S/C20H21ClN2O2/c1-2-14-3-5-15(6-4-14)12-22-20(25)16-11-19(24)23(13-16)18-9-7-17(21)8-10-18/h3-10,16H,2,11-13H2,1H3,(H,22,25)/t16-/m1/s1. The van der Waals surface area contributed by atoms with Crippen LogP contribution in [0, 0.1) is 5.92 Å². The van der Waals surface area contributed by atoms with Crippen molar-refractivity contribution < 1.29 is 9.59 Å². The summed E-state index contributed by atoms with van der Waals surface area (Å²) in [6, 6.07) is 15.3. The van der Waals surface area contributed by atoms with Crippen molar-refractivity contribution >= 4 is 29.1 Å². The number of nitrogens with one attached hydrogen (secondary N) is 1. The maximum atomic E-state index is 12.4. The predicted molar refractivity (Wildman–Crippen MR) is 99.6 cm³/mol. The van der Waals surface area contributed by atoms with Crippen molar-refractivity contribution in [2.45, 2.75) is 26.3 Å². The van der Waals surface area contributed by atoms with E-state index in [-0.39, 0.29) is 24.2 Å². The highest BCUT2D eigenvalue weighted by Gasteiger charge is 2.34. The van der Waals surface area contributed by atoms with E-state index in [1.165, 1.54) is 5.56 Å². The van der Waals surface area contributed by atoms with Crippen LogP contribution in [0.5, 0.6) is 0 Å². The maximum Gasteiger partial charge on any atom is 0.227 e. The highest BCUT2D eigenvalue weighted by molar-refractivity contribution is 6.30. The molecule has 3 rings (SSSR count). The lowest BCUT2D eigenvalue weighted by Gasteiger charge is -2.16. The van der Waals surface area contributed by atoms with Crippen molar-refractivity contribution in [3.05, 3.63) is 64.7 Å². The monoisotopic (exact) mass is 356 g/mol. The molecule has 5 heteroatoms. The molecule has 1 heterocycles. The van der Waals surface area contributed by atoms with Gasteiger partial charge in [-0.05, 0) is 41.8 Å². The smallest absolute Gasteiger partial charge is 0.227 e. The van der Waals surface area contributed by atoms with E-state index < -0.39 is 0 Å². The molecule has 0 aliphatic carbocycles. The number of rotatable bonds is 5. The molecule has 1 fully saturated rings. The molecule has 1 aliphatic heterocycles. The number of carbonyl (C=O) groups is 2. The number of hydrogen-bond donors (Lipinski definition) is 1. The Morgan fingerprint density at radius 2 is 1.76 bits per heavy atom. The zero-order chi connectivity index (χ0) is 17.8. The zero-order valence-electron chi connectivity index (χ0n) is 14.2. The summed E-state index contributed by atoms with van der Waals surface area (Å²) in [6.45, 7) is 3.00. The molecule has 0 radical (unpaired) electrons. The van der Waals surface area contributed by atoms with Gasteiger partial charge in [-0.1, -0.05) is 42.8 Å². The van der Waals surface area contributed by atoms with E-state index in [4.69, 9.17) is 11.6 Å². The number of nitrogens with zero attached hydrogens (tertiary/aromatic N) is 1. The highest BCUT2D eigenvalue weighted by atomic mass is 35.5. The molecular weight excluding hydrogens is 336 g/mol. The van der Waals surface area contributed by atoms with Gasteiger partial charge in [-0.25, -0.2) is 0 Å². The molecule has 25 heavy (non-hydrogen) atoms. The topological polar surface area (TPSA) is 49.4 Å². The number of carbonyl (C=O) groups excluding carboxylic acids is 2. The summed E-state index contributed by atoms with van der Waals surface area (Å²) in [6.07, 6.45) is 1.24. The van der Waals surface area contributed by atoms with Crippen molar-refractivity contribution in [3.63, 3.8) is 0 Å². The number of aryl methyl sites for hydroxylation is 1. The summed E-state index contributed by atoms with van der Waals surface area (Å²) in [7, 11) is 0. The maximum absolute atomic E-state index is 12.4. The Kier molecular flexibility index (Phi) is 5.39. The molecule has 0 bridgehead atoms. The molecule has 1 atom stereocenters. The number of anilines is 1. The highest BCUT2D eigenvalue weighted by Crippen LogP contribution is 2.26. The zero-order valence-corrected chi connectivity index (χ0v) is 14.9. The molecule has 2 aromatic rings. The fourth-order valence-corrected chi connectivity index (χ4v) is 3.11. The number of halogens is 1. The van der Waals surface area contributed by atoms with Gasteiger partial charge in [0.2, 0.25) is 11.8 Å². The van der Waals surface area contributed by atoms with Crippen LogP contribution in [-0.2, 0) is 22.6 Å². The van der Waals surface area contributed by atoms with Gasteiger partial charge in [0.05, 0.1) is 5.92 Å². The summed E-state index contributed by atoms with van der Waals surface area (Å²) in [5.74, 6) is -0.433. The predicted octanol–water partition coefficient (Wildman–Crippen LogP) is 3.57. The summed E-state index contributed by atoms with van der Waals surface area (Å²) in [5, 5.41) is 3.56. The quantitative estimate of drug-likeness (QED) is 0.890. The van der Waals surface area contributed by atoms with E-state index in [0.29, 0.717) is 18.1 Å². The first-order chi connectivity index (χ1) is 12.1. The fraction of sp³-hybridized carbons (Fsp3) is 0.300. The van der Waals surface area contributed by atoms with Gasteiger partial charge in [0.25, 0.3) is 0 Å². The van der Waals surface area contributed by atoms with Gasteiger partial charge in [-0.3, -0.25) is 9.59 Å².